The summed E-state index contributed by atoms with van der Waals surface area (Å²) in [6.45, 7) is 3.34. The van der Waals surface area contributed by atoms with Crippen LogP contribution in [0.15, 0.2) is 42.5 Å². The molecule has 15 heteroatoms. The van der Waals surface area contributed by atoms with Crippen molar-refractivity contribution in [3.63, 3.8) is 0 Å². The highest BCUT2D eigenvalue weighted by molar-refractivity contribution is 6.28. The van der Waals surface area contributed by atoms with Crippen molar-refractivity contribution in [3.8, 4) is 0 Å². The zero-order valence-electron chi connectivity index (χ0n) is 22.7. The topological polar surface area (TPSA) is 62.9 Å². The Bertz CT molecular complexity index is 1350. The molecule has 0 spiro atoms. The molecule has 0 amide bonds. The van der Waals surface area contributed by atoms with Gasteiger partial charge in [-0.25, -0.2) is 9.37 Å². The van der Waals surface area contributed by atoms with Gasteiger partial charge in [0.1, 0.15) is 11.9 Å². The predicted octanol–water partition coefficient (Wildman–Crippen LogP) is 6.24. The fourth-order valence-electron chi connectivity index (χ4n) is 5.17. The summed E-state index contributed by atoms with van der Waals surface area (Å²) in [6, 6.07) is 6.39. The maximum atomic E-state index is 13.8. The molecular weight excluding hydrogens is 609 g/mol. The van der Waals surface area contributed by atoms with Gasteiger partial charge in [0.05, 0.1) is 43.2 Å². The van der Waals surface area contributed by atoms with Gasteiger partial charge < -0.3 is 24.1 Å². The van der Waals surface area contributed by atoms with Gasteiger partial charge in [-0.2, -0.15) is 26.3 Å². The number of hydrogen-bond donors (Lipinski definition) is 1. The third kappa shape index (κ3) is 7.79. The normalized spacial score (nSPS) is 20.5. The number of rotatable bonds is 8. The first-order valence-corrected chi connectivity index (χ1v) is 13.8. The van der Waals surface area contributed by atoms with Gasteiger partial charge in [-0.3, -0.25) is 4.90 Å². The van der Waals surface area contributed by atoms with Crippen molar-refractivity contribution in [1.29, 1.82) is 0 Å². The predicted molar refractivity (Wildman–Crippen MR) is 142 cm³/mol. The lowest BCUT2D eigenvalue weighted by Gasteiger charge is -2.42. The molecule has 1 N–H and O–H groups in total. The monoisotopic (exact) mass is 636 g/mol. The minimum absolute atomic E-state index is 0.0839. The van der Waals surface area contributed by atoms with Crippen molar-refractivity contribution in [3.05, 3.63) is 81.5 Å². The zero-order valence-corrected chi connectivity index (χ0v) is 23.4. The average Bonchev–Trinajstić information content (AvgIpc) is 3.32. The molecular formula is C28H28ClF7N4O3. The smallest absolute Gasteiger partial charge is 0.379 e. The summed E-state index contributed by atoms with van der Waals surface area (Å²) in [7, 11) is 0. The van der Waals surface area contributed by atoms with E-state index in [4.69, 9.17) is 25.8 Å². The number of alkyl halides is 6. The third-order valence-electron chi connectivity index (χ3n) is 7.23. The Hall–Kier alpha value is -2.91. The lowest BCUT2D eigenvalue weighted by Crippen LogP contribution is -2.47. The van der Waals surface area contributed by atoms with Gasteiger partial charge in [0.15, 0.2) is 12.1 Å². The molecule has 3 heterocycles. The number of halogens is 8. The number of imidazole rings is 1. The van der Waals surface area contributed by atoms with Gasteiger partial charge in [-0.1, -0.05) is 12.1 Å². The van der Waals surface area contributed by atoms with Crippen molar-refractivity contribution in [1.82, 2.24) is 14.9 Å². The lowest BCUT2D eigenvalue weighted by molar-refractivity contribution is -0.168. The first kappa shape index (κ1) is 31.5. The van der Waals surface area contributed by atoms with E-state index >= 15 is 0 Å². The van der Waals surface area contributed by atoms with E-state index in [1.165, 1.54) is 12.1 Å². The van der Waals surface area contributed by atoms with Crippen LogP contribution in [-0.4, -0.2) is 67.2 Å². The molecule has 43 heavy (non-hydrogen) atoms. The highest BCUT2D eigenvalue weighted by Crippen LogP contribution is 2.38. The van der Waals surface area contributed by atoms with E-state index in [0.29, 0.717) is 62.9 Å². The van der Waals surface area contributed by atoms with Crippen LogP contribution in [0, 0.1) is 5.82 Å². The molecule has 2 unspecified atom stereocenters. The highest BCUT2D eigenvalue weighted by atomic mass is 35.5. The fraction of sp³-hybridized carbons (Fsp3) is 0.464. The van der Waals surface area contributed by atoms with Crippen LogP contribution in [0.3, 0.4) is 0 Å². The number of ether oxygens (including phenoxy) is 3. The number of aromatic amines is 1. The Morgan fingerprint density at radius 1 is 0.930 bits per heavy atom. The van der Waals surface area contributed by atoms with Gasteiger partial charge in [0, 0.05) is 26.2 Å². The second-order valence-corrected chi connectivity index (χ2v) is 10.5. The Morgan fingerprint density at radius 2 is 1.58 bits per heavy atom. The number of benzene rings is 2. The van der Waals surface area contributed by atoms with Gasteiger partial charge in [0.2, 0.25) is 5.28 Å². The number of H-pyrrole nitrogens is 1. The molecule has 2 atom stereocenters. The van der Waals surface area contributed by atoms with E-state index in [-0.39, 0.29) is 36.5 Å². The van der Waals surface area contributed by atoms with Crippen molar-refractivity contribution in [2.45, 2.75) is 37.7 Å². The van der Waals surface area contributed by atoms with Crippen LogP contribution in [0.4, 0.5) is 36.6 Å². The maximum Gasteiger partial charge on any atom is 0.416 e. The number of nitrogens with zero attached hydrogens (tertiary/aromatic N) is 3. The van der Waals surface area contributed by atoms with Gasteiger partial charge in [0.25, 0.3) is 0 Å². The largest absolute Gasteiger partial charge is 0.416 e. The van der Waals surface area contributed by atoms with Crippen LogP contribution in [0.1, 0.15) is 34.0 Å². The summed E-state index contributed by atoms with van der Waals surface area (Å²) in [5.74, 6) is 0.0562. The van der Waals surface area contributed by atoms with Crippen molar-refractivity contribution in [2.24, 2.45) is 0 Å². The first-order valence-electron chi connectivity index (χ1n) is 13.5. The van der Waals surface area contributed by atoms with E-state index in [1.54, 1.807) is 12.1 Å². The molecule has 7 nitrogen and oxygen atoms in total. The van der Waals surface area contributed by atoms with Crippen LogP contribution in [0.2, 0.25) is 5.28 Å². The van der Waals surface area contributed by atoms with Crippen molar-refractivity contribution in [2.75, 3.05) is 51.0 Å². The van der Waals surface area contributed by atoms with E-state index < -0.39 is 41.6 Å². The van der Waals surface area contributed by atoms with Crippen molar-refractivity contribution < 1.29 is 44.9 Å². The summed E-state index contributed by atoms with van der Waals surface area (Å²) >= 11 is 6.29. The van der Waals surface area contributed by atoms with E-state index in [9.17, 15) is 30.7 Å². The summed E-state index contributed by atoms with van der Waals surface area (Å²) in [5.41, 5.74) is -1.67. The Labute approximate surface area is 247 Å². The van der Waals surface area contributed by atoms with Gasteiger partial charge in [-0.05, 0) is 59.5 Å². The van der Waals surface area contributed by atoms with Gasteiger partial charge in [-0.15, -0.1) is 0 Å². The molecule has 234 valence electrons. The number of aromatic nitrogens is 2. The third-order valence-corrected chi connectivity index (χ3v) is 7.40. The summed E-state index contributed by atoms with van der Waals surface area (Å²) < 4.78 is 111. The van der Waals surface area contributed by atoms with Crippen LogP contribution in [-0.2, 0) is 39.5 Å². The van der Waals surface area contributed by atoms with Crippen LogP contribution in [0.5, 0.6) is 0 Å². The SMILES string of the molecule is Fc1ccc(C2C(OCCc3cc(C(F)(F)F)cc(C(F)(F)F)c3)OCCN2c2nc(Cl)[nH]c2CN2CCOCC2)cc1. The quantitative estimate of drug-likeness (QED) is 0.296. The number of nitrogens with one attached hydrogen (secondary N) is 1. The first-order chi connectivity index (χ1) is 20.4. The molecule has 2 fully saturated rings. The standard InChI is InChI=1S/C28H28ClF7N4O3/c29-26-37-22(16-39-6-10-41-11-7-39)24(38-26)40-8-12-43-25(23(40)18-1-3-21(30)4-2-18)42-9-5-17-13-19(27(31,32)33)15-20(14-17)28(34,35)36/h1-4,13-15,23,25H,5-12,16H2,(H,37,38). The Balaban J connectivity index is 1.39. The summed E-state index contributed by atoms with van der Waals surface area (Å²) in [5, 5.41) is 0.157. The second kappa shape index (κ2) is 13.0. The highest BCUT2D eigenvalue weighted by Gasteiger charge is 2.39. The fourth-order valence-corrected chi connectivity index (χ4v) is 5.37. The summed E-state index contributed by atoms with van der Waals surface area (Å²) in [6.07, 6.45) is -11.2. The number of hydrogen-bond acceptors (Lipinski definition) is 6. The molecule has 0 radical (unpaired) electrons. The molecule has 2 aliphatic rings. The maximum absolute atomic E-state index is 13.8. The molecule has 2 aromatic carbocycles. The number of morpholine rings is 2. The van der Waals surface area contributed by atoms with Crippen LogP contribution >= 0.6 is 11.6 Å². The lowest BCUT2D eigenvalue weighted by atomic mass is 10.0. The van der Waals surface area contributed by atoms with Crippen LogP contribution in [0.25, 0.3) is 0 Å². The number of anilines is 1. The zero-order chi connectivity index (χ0) is 30.8. The molecule has 3 aromatic rings. The Kier molecular flexibility index (Phi) is 9.52. The second-order valence-electron chi connectivity index (χ2n) is 10.2. The van der Waals surface area contributed by atoms with E-state index in [2.05, 4.69) is 14.9 Å². The molecule has 0 saturated carbocycles. The molecule has 1 aromatic heterocycles. The average molecular weight is 637 g/mol. The molecule has 0 aliphatic carbocycles. The van der Waals surface area contributed by atoms with Crippen molar-refractivity contribution >= 4 is 17.4 Å². The minimum atomic E-state index is -4.96. The van der Waals surface area contributed by atoms with E-state index in [1.807, 2.05) is 4.90 Å². The Morgan fingerprint density at radius 3 is 2.21 bits per heavy atom. The minimum Gasteiger partial charge on any atom is -0.379 e. The van der Waals surface area contributed by atoms with Gasteiger partial charge >= 0.3 is 12.4 Å². The molecule has 2 saturated heterocycles. The molecule has 0 bridgehead atoms. The summed E-state index contributed by atoms with van der Waals surface area (Å²) in [4.78, 5) is 11.7. The van der Waals surface area contributed by atoms with E-state index in [0.717, 1.165) is 5.69 Å². The molecule has 2 aliphatic heterocycles. The molecule has 5 rings (SSSR count). The van der Waals surface area contributed by atoms with Crippen LogP contribution < -0.4 is 4.90 Å².